The fourth-order valence-corrected chi connectivity index (χ4v) is 12.7. The van der Waals surface area contributed by atoms with E-state index in [9.17, 15) is 28.8 Å². The van der Waals surface area contributed by atoms with Gasteiger partial charge < -0.3 is 38.5 Å². The zero-order chi connectivity index (χ0) is 62.7. The fourth-order valence-electron chi connectivity index (χ4n) is 12.7. The molecule has 1 saturated heterocycles. The maximum Gasteiger partial charge on any atom is 0.329 e. The van der Waals surface area contributed by atoms with Gasteiger partial charge in [0.15, 0.2) is 24.4 Å². The van der Waals surface area contributed by atoms with Crippen molar-refractivity contribution >= 4 is 47.5 Å². The van der Waals surface area contributed by atoms with Gasteiger partial charge in [0.1, 0.15) is 24.2 Å². The third-order valence-electron chi connectivity index (χ3n) is 17.7. The zero-order valence-corrected chi connectivity index (χ0v) is 54.2. The molecule has 8 atom stereocenters. The Bertz CT molecular complexity index is 2470. The van der Waals surface area contributed by atoms with Crippen LogP contribution in [-0.4, -0.2) is 144 Å². The van der Waals surface area contributed by atoms with Gasteiger partial charge in [0, 0.05) is 41.0 Å². The molecule has 16 heteroatoms. The lowest BCUT2D eigenvalue weighted by atomic mass is 9.86. The number of hydrogen-bond acceptors (Lipinski definition) is 12. The van der Waals surface area contributed by atoms with Gasteiger partial charge in [0.05, 0.1) is 0 Å². The Labute approximate surface area is 509 Å². The van der Waals surface area contributed by atoms with E-state index >= 15 is 9.59 Å². The predicted molar refractivity (Wildman–Crippen MR) is 330 cm³/mol. The quantitative estimate of drug-likeness (QED) is 0.121. The number of likely N-dealkylation sites (N-methyl/N-ethyl adjacent to an activating group) is 4. The minimum Gasteiger partial charge on any atom is -0.451 e. The highest BCUT2D eigenvalue weighted by Crippen LogP contribution is 2.29. The van der Waals surface area contributed by atoms with Crippen LogP contribution >= 0.6 is 0 Å². The molecule has 0 N–H and O–H groups in total. The average molecular weight is 1180 g/mol. The monoisotopic (exact) mass is 1180 g/mol. The Morgan fingerprint density at radius 3 is 0.953 bits per heavy atom. The van der Waals surface area contributed by atoms with Crippen molar-refractivity contribution in [3.8, 4) is 0 Å². The van der Waals surface area contributed by atoms with E-state index in [1.54, 1.807) is 13.8 Å². The minimum atomic E-state index is -1.48. The summed E-state index contributed by atoms with van der Waals surface area (Å²) < 4.78 is 24.4. The number of nitrogens with zero attached hydrogens (tertiary/aromatic N) is 4. The summed E-state index contributed by atoms with van der Waals surface area (Å²) in [5.74, 6) is -6.26. The van der Waals surface area contributed by atoms with E-state index in [-0.39, 0.29) is 49.9 Å². The average Bonchev–Trinajstić information content (AvgIpc) is 3.65. The summed E-state index contributed by atoms with van der Waals surface area (Å²) in [5.41, 5.74) is 3.75. The molecule has 2 saturated carbocycles. The first-order valence-electron chi connectivity index (χ1n) is 32.3. The largest absolute Gasteiger partial charge is 0.451 e. The topological polar surface area (TPSA) is 186 Å². The number of benzene rings is 2. The third kappa shape index (κ3) is 21.2. The van der Waals surface area contributed by atoms with E-state index in [0.29, 0.717) is 23.0 Å². The van der Waals surface area contributed by atoms with Gasteiger partial charge in [-0.2, -0.15) is 0 Å². The molecule has 2 aromatic rings. The zero-order valence-electron chi connectivity index (χ0n) is 54.2. The van der Waals surface area contributed by atoms with Crippen molar-refractivity contribution in [3.05, 3.63) is 70.8 Å². The molecule has 0 spiro atoms. The molecule has 1 unspecified atom stereocenters. The van der Waals surface area contributed by atoms with Gasteiger partial charge in [-0.15, -0.1) is 0 Å². The van der Waals surface area contributed by atoms with Crippen molar-refractivity contribution < 1.29 is 57.3 Å². The molecule has 3 aliphatic rings. The van der Waals surface area contributed by atoms with E-state index < -0.39 is 102 Å². The molecular weight excluding hydrogens is 1080 g/mol. The highest BCUT2D eigenvalue weighted by atomic mass is 16.6. The third-order valence-corrected chi connectivity index (χ3v) is 17.7. The van der Waals surface area contributed by atoms with Crippen molar-refractivity contribution in [3.63, 3.8) is 0 Å². The van der Waals surface area contributed by atoms with Gasteiger partial charge in [-0.25, -0.2) is 19.2 Å². The van der Waals surface area contributed by atoms with E-state index in [1.165, 1.54) is 163 Å². The molecule has 0 bridgehead atoms. The second-order valence-electron chi connectivity index (χ2n) is 26.8. The number of esters is 4. The standard InChI is InChI=1S/C69H106N4O12/c1-44(2)37-56-66(78)82-48(9)62(74)70(11)58(39-46(5)6)68(80)85-60(43-55-35-31-53(32-36-55)41-51-27-23-19-16-20-24-28-51)65(77)73(14)61(47(7)8)69(81)83-49(10)63(75)71(12)57(38-45(3)4)67(79)84-59(64(76)72(56)13)42-54-33-29-52(30-34-54)40-50-25-21-17-15-18-22-26-50/h29-36,44-51,56-61H,15-28,37-43H2,1-14H3/t48-,49-,56+,57+,58+,59-,60-,61?/m1/s1. The van der Waals surface area contributed by atoms with Crippen LogP contribution in [0.3, 0.4) is 0 Å². The molecule has 1 heterocycles. The summed E-state index contributed by atoms with van der Waals surface area (Å²) in [7, 11) is 5.71. The summed E-state index contributed by atoms with van der Waals surface area (Å²) in [6.07, 6.45) is 13.4. The van der Waals surface area contributed by atoms with Crippen LogP contribution in [0.5, 0.6) is 0 Å². The second kappa shape index (κ2) is 33.9. The van der Waals surface area contributed by atoms with E-state index in [1.807, 2.05) is 77.9 Å². The van der Waals surface area contributed by atoms with Crippen LogP contribution in [0.1, 0.15) is 201 Å². The molecule has 0 aromatic heterocycles. The van der Waals surface area contributed by atoms with Crippen LogP contribution in [0, 0.1) is 35.5 Å². The Morgan fingerprint density at radius 2 is 0.635 bits per heavy atom. The van der Waals surface area contributed by atoms with Gasteiger partial charge in [0.2, 0.25) is 0 Å². The van der Waals surface area contributed by atoms with Crippen LogP contribution in [-0.2, 0) is 83.0 Å². The molecular formula is C69H106N4O12. The van der Waals surface area contributed by atoms with Crippen LogP contribution in [0.25, 0.3) is 0 Å². The number of hydrogen-bond donors (Lipinski definition) is 0. The number of ether oxygens (including phenoxy) is 4. The summed E-state index contributed by atoms with van der Waals surface area (Å²) in [4.78, 5) is 123. The molecule has 1 aliphatic heterocycles. The maximum atomic E-state index is 15.1. The molecule has 0 radical (unpaired) electrons. The summed E-state index contributed by atoms with van der Waals surface area (Å²) >= 11 is 0. The lowest BCUT2D eigenvalue weighted by Crippen LogP contribution is -2.55. The van der Waals surface area contributed by atoms with E-state index in [0.717, 1.165) is 12.8 Å². The Kier molecular flexibility index (Phi) is 27.9. The molecule has 3 fully saturated rings. The number of rotatable bonds is 15. The van der Waals surface area contributed by atoms with Gasteiger partial charge in [-0.3, -0.25) is 19.2 Å². The van der Waals surface area contributed by atoms with Crippen LogP contribution in [0.15, 0.2) is 48.5 Å². The van der Waals surface area contributed by atoms with Crippen molar-refractivity contribution in [2.24, 2.45) is 35.5 Å². The molecule has 85 heavy (non-hydrogen) atoms. The van der Waals surface area contributed by atoms with Crippen molar-refractivity contribution in [1.82, 2.24) is 19.6 Å². The number of carbonyl (C=O) groups excluding carboxylic acids is 8. The SMILES string of the molecule is CC(C)C[C@H]1C(=O)O[C@H](Cc2ccc(CC3CCCCCCC3)cc2)C(=O)N(C)[C@@H](CC(C)C)C(=O)O[C@H](C)C(=O)N(C)[C@@H](CC(C)C)C(=O)O[C@H](Cc2ccc(CC3CCCCCCC3)cc2)C(=O)N(C)C(C(C)C)C(=O)O[C@H](C)C(=O)N1C. The Balaban J connectivity index is 1.55. The molecule has 474 valence electrons. The summed E-state index contributed by atoms with van der Waals surface area (Å²) in [6.45, 7) is 17.5. The fraction of sp³-hybridized carbons (Fsp3) is 0.710. The molecule has 16 nitrogen and oxygen atoms in total. The molecule has 4 amide bonds. The predicted octanol–water partition coefficient (Wildman–Crippen LogP) is 11.1. The van der Waals surface area contributed by atoms with Crippen molar-refractivity contribution in [2.75, 3.05) is 28.2 Å². The van der Waals surface area contributed by atoms with Gasteiger partial charge in [0.25, 0.3) is 23.6 Å². The first-order valence-corrected chi connectivity index (χ1v) is 32.3. The summed E-state index contributed by atoms with van der Waals surface area (Å²) in [6, 6.07) is 10.9. The molecule has 2 aromatic carbocycles. The molecule has 2 aliphatic carbocycles. The van der Waals surface area contributed by atoms with E-state index in [2.05, 4.69) is 12.1 Å². The lowest BCUT2D eigenvalue weighted by Gasteiger charge is -2.36. The normalized spacial score (nSPS) is 25.8. The van der Waals surface area contributed by atoms with Crippen LogP contribution in [0.4, 0.5) is 0 Å². The van der Waals surface area contributed by atoms with Crippen LogP contribution < -0.4 is 0 Å². The highest BCUT2D eigenvalue weighted by molar-refractivity contribution is 5.94. The summed E-state index contributed by atoms with van der Waals surface area (Å²) in [5, 5.41) is 0. The lowest BCUT2D eigenvalue weighted by molar-refractivity contribution is -0.176. The smallest absolute Gasteiger partial charge is 0.329 e. The second-order valence-corrected chi connectivity index (χ2v) is 26.8. The molecule has 5 rings (SSSR count). The van der Waals surface area contributed by atoms with Gasteiger partial charge >= 0.3 is 23.9 Å². The van der Waals surface area contributed by atoms with Crippen molar-refractivity contribution in [1.29, 1.82) is 0 Å². The number of cyclic esters (lactones) is 4. The maximum absolute atomic E-state index is 15.1. The minimum absolute atomic E-state index is 0.0640. The Morgan fingerprint density at radius 1 is 0.365 bits per heavy atom. The van der Waals surface area contributed by atoms with Crippen LogP contribution in [0.2, 0.25) is 0 Å². The Hall–Kier alpha value is -5.80. The number of amides is 4. The van der Waals surface area contributed by atoms with Gasteiger partial charge in [-0.05, 0) is 104 Å². The highest BCUT2D eigenvalue weighted by Gasteiger charge is 2.43. The number of carbonyl (C=O) groups is 8. The first-order chi connectivity index (χ1) is 40.2. The van der Waals surface area contributed by atoms with E-state index in [4.69, 9.17) is 18.9 Å². The van der Waals surface area contributed by atoms with Crippen molar-refractivity contribution in [2.45, 2.75) is 253 Å². The first kappa shape index (κ1) is 70.0. The van der Waals surface area contributed by atoms with Gasteiger partial charge in [-0.1, -0.05) is 194 Å².